The normalized spacial score (nSPS) is 15.3. The Balaban J connectivity index is 1.36. The van der Waals surface area contributed by atoms with Gasteiger partial charge in [0.15, 0.2) is 0 Å². The highest BCUT2D eigenvalue weighted by Crippen LogP contribution is 2.17. The van der Waals surface area contributed by atoms with Gasteiger partial charge in [-0.15, -0.1) is 0 Å². The van der Waals surface area contributed by atoms with Gasteiger partial charge in [-0.05, 0) is 55.0 Å². The topological polar surface area (TPSA) is 62.5 Å². The molecule has 0 aliphatic carbocycles. The van der Waals surface area contributed by atoms with Gasteiger partial charge in [-0.25, -0.2) is 8.78 Å². The van der Waals surface area contributed by atoms with Gasteiger partial charge in [0.2, 0.25) is 11.7 Å². The first-order chi connectivity index (χ1) is 14.1. The third kappa shape index (κ3) is 4.65. The van der Waals surface area contributed by atoms with E-state index in [0.29, 0.717) is 49.0 Å². The smallest absolute Gasteiger partial charge is 0.253 e. The van der Waals surface area contributed by atoms with Crippen molar-refractivity contribution < 1.29 is 18.1 Å². The lowest BCUT2D eigenvalue weighted by Crippen LogP contribution is -2.35. The van der Waals surface area contributed by atoms with Crippen LogP contribution in [0.2, 0.25) is 0 Å². The van der Waals surface area contributed by atoms with Crippen LogP contribution in [-0.4, -0.2) is 52.0 Å². The van der Waals surface area contributed by atoms with E-state index < -0.39 is 0 Å². The summed E-state index contributed by atoms with van der Waals surface area (Å²) in [4.78, 5) is 21.0. The molecule has 29 heavy (non-hydrogen) atoms. The van der Waals surface area contributed by atoms with Crippen LogP contribution in [0.4, 0.5) is 8.78 Å². The summed E-state index contributed by atoms with van der Waals surface area (Å²) >= 11 is 0. The Morgan fingerprint density at radius 1 is 0.931 bits per heavy atom. The molecule has 2 aromatic carbocycles. The fourth-order valence-electron chi connectivity index (χ4n) is 3.33. The number of rotatable bonds is 4. The molecule has 1 aliphatic heterocycles. The van der Waals surface area contributed by atoms with E-state index in [0.717, 1.165) is 13.0 Å². The van der Waals surface area contributed by atoms with Crippen LogP contribution in [0.1, 0.15) is 22.7 Å². The molecule has 0 radical (unpaired) electrons. The van der Waals surface area contributed by atoms with Crippen LogP contribution < -0.4 is 0 Å². The van der Waals surface area contributed by atoms with Crippen molar-refractivity contribution in [1.29, 1.82) is 0 Å². The summed E-state index contributed by atoms with van der Waals surface area (Å²) in [5.74, 6) is 0.124. The molecule has 1 aliphatic rings. The molecular weight excluding hydrogens is 378 g/mol. The second-order valence-corrected chi connectivity index (χ2v) is 6.95. The van der Waals surface area contributed by atoms with Crippen molar-refractivity contribution >= 4 is 5.91 Å². The van der Waals surface area contributed by atoms with E-state index in [2.05, 4.69) is 15.0 Å². The highest BCUT2D eigenvalue weighted by Gasteiger charge is 2.21. The average molecular weight is 398 g/mol. The van der Waals surface area contributed by atoms with Gasteiger partial charge >= 0.3 is 0 Å². The zero-order chi connectivity index (χ0) is 20.2. The predicted molar refractivity (Wildman–Crippen MR) is 102 cm³/mol. The van der Waals surface area contributed by atoms with Crippen molar-refractivity contribution in [2.24, 2.45) is 0 Å². The fraction of sp³-hybridized carbons (Fsp3) is 0.286. The van der Waals surface area contributed by atoms with Crippen molar-refractivity contribution in [2.45, 2.75) is 13.0 Å². The molecule has 0 N–H and O–H groups in total. The number of nitrogens with zero attached hydrogens (tertiary/aromatic N) is 4. The third-order valence-corrected chi connectivity index (χ3v) is 4.90. The summed E-state index contributed by atoms with van der Waals surface area (Å²) in [6.45, 7) is 3.14. The fourth-order valence-corrected chi connectivity index (χ4v) is 3.33. The van der Waals surface area contributed by atoms with Crippen LogP contribution in [0.25, 0.3) is 11.4 Å². The second-order valence-electron chi connectivity index (χ2n) is 6.95. The molecule has 6 nitrogen and oxygen atoms in total. The standard InChI is InChI=1S/C21H20F2N4O2/c22-17-6-2-15(3-7-17)20-24-19(29-25-20)14-26-10-1-11-27(13-12-26)21(28)16-4-8-18(23)9-5-16/h2-9H,1,10-14H2. The van der Waals surface area contributed by atoms with Crippen LogP contribution in [0.15, 0.2) is 53.1 Å². The van der Waals surface area contributed by atoms with E-state index in [4.69, 9.17) is 4.52 Å². The van der Waals surface area contributed by atoms with E-state index >= 15 is 0 Å². The van der Waals surface area contributed by atoms with Crippen molar-refractivity contribution in [3.63, 3.8) is 0 Å². The average Bonchev–Trinajstić information content (AvgIpc) is 3.06. The highest BCUT2D eigenvalue weighted by molar-refractivity contribution is 5.94. The Kier molecular flexibility index (Phi) is 5.62. The quantitative estimate of drug-likeness (QED) is 0.674. The van der Waals surface area contributed by atoms with E-state index in [1.54, 1.807) is 17.0 Å². The molecule has 1 aromatic heterocycles. The third-order valence-electron chi connectivity index (χ3n) is 4.90. The van der Waals surface area contributed by atoms with E-state index in [-0.39, 0.29) is 17.5 Å². The molecule has 0 spiro atoms. The summed E-state index contributed by atoms with van der Waals surface area (Å²) in [7, 11) is 0. The van der Waals surface area contributed by atoms with Gasteiger partial charge in [0.05, 0.1) is 6.54 Å². The van der Waals surface area contributed by atoms with Crippen LogP contribution in [0, 0.1) is 11.6 Å². The summed E-state index contributed by atoms with van der Waals surface area (Å²) in [5.41, 5.74) is 1.18. The molecule has 2 heterocycles. The highest BCUT2D eigenvalue weighted by atomic mass is 19.1. The molecule has 0 saturated carbocycles. The Bertz CT molecular complexity index is 973. The summed E-state index contributed by atoms with van der Waals surface area (Å²) in [6.07, 6.45) is 0.811. The minimum Gasteiger partial charge on any atom is -0.338 e. The molecule has 150 valence electrons. The van der Waals surface area contributed by atoms with Gasteiger partial charge < -0.3 is 9.42 Å². The van der Waals surface area contributed by atoms with Gasteiger partial charge in [-0.3, -0.25) is 9.69 Å². The zero-order valence-corrected chi connectivity index (χ0v) is 15.7. The number of hydrogen-bond donors (Lipinski definition) is 0. The van der Waals surface area contributed by atoms with Gasteiger partial charge in [-0.1, -0.05) is 5.16 Å². The van der Waals surface area contributed by atoms with Crippen molar-refractivity contribution in [1.82, 2.24) is 19.9 Å². The first kappa shape index (κ1) is 19.2. The number of benzene rings is 2. The summed E-state index contributed by atoms with van der Waals surface area (Å²) in [5, 5.41) is 3.96. The lowest BCUT2D eigenvalue weighted by Gasteiger charge is -2.21. The maximum Gasteiger partial charge on any atom is 0.253 e. The predicted octanol–water partition coefficient (Wildman–Crippen LogP) is 3.36. The summed E-state index contributed by atoms with van der Waals surface area (Å²) < 4.78 is 31.5. The number of carbonyl (C=O) groups is 1. The van der Waals surface area contributed by atoms with Crippen LogP contribution in [0.5, 0.6) is 0 Å². The van der Waals surface area contributed by atoms with E-state index in [1.807, 2.05) is 0 Å². The summed E-state index contributed by atoms with van der Waals surface area (Å²) in [6, 6.07) is 11.5. The Morgan fingerprint density at radius 2 is 1.62 bits per heavy atom. The minimum absolute atomic E-state index is 0.0942. The molecule has 1 amide bonds. The molecule has 3 aromatic rings. The maximum atomic E-state index is 13.1. The van der Waals surface area contributed by atoms with Crippen molar-refractivity contribution in [2.75, 3.05) is 26.2 Å². The van der Waals surface area contributed by atoms with Crippen molar-refractivity contribution in [3.05, 3.63) is 71.6 Å². The maximum absolute atomic E-state index is 13.1. The SMILES string of the molecule is O=C(c1ccc(F)cc1)N1CCCN(Cc2nc(-c3ccc(F)cc3)no2)CC1. The number of halogens is 2. The first-order valence-corrected chi connectivity index (χ1v) is 9.44. The van der Waals surface area contributed by atoms with Gasteiger partial charge in [0.1, 0.15) is 11.6 Å². The molecule has 1 fully saturated rings. The largest absolute Gasteiger partial charge is 0.338 e. The lowest BCUT2D eigenvalue weighted by atomic mass is 10.2. The number of carbonyl (C=O) groups excluding carboxylic acids is 1. The monoisotopic (exact) mass is 398 g/mol. The molecule has 4 rings (SSSR count). The second kappa shape index (κ2) is 8.48. The van der Waals surface area contributed by atoms with Gasteiger partial charge in [0.25, 0.3) is 5.91 Å². The first-order valence-electron chi connectivity index (χ1n) is 9.44. The van der Waals surface area contributed by atoms with E-state index in [1.165, 1.54) is 36.4 Å². The van der Waals surface area contributed by atoms with Gasteiger partial charge in [-0.2, -0.15) is 4.98 Å². The van der Waals surface area contributed by atoms with Crippen LogP contribution in [-0.2, 0) is 6.54 Å². The molecule has 1 saturated heterocycles. The van der Waals surface area contributed by atoms with Crippen molar-refractivity contribution in [3.8, 4) is 11.4 Å². The van der Waals surface area contributed by atoms with Gasteiger partial charge in [0, 0.05) is 37.3 Å². The molecular formula is C21H20F2N4O2. The van der Waals surface area contributed by atoms with E-state index in [9.17, 15) is 13.6 Å². The lowest BCUT2D eigenvalue weighted by molar-refractivity contribution is 0.0760. The minimum atomic E-state index is -0.358. The molecule has 0 atom stereocenters. The van der Waals surface area contributed by atoms with Crippen LogP contribution in [0.3, 0.4) is 0 Å². The Hall–Kier alpha value is -3.13. The Labute approximate surface area is 166 Å². The molecule has 0 unspecified atom stereocenters. The number of aromatic nitrogens is 2. The Morgan fingerprint density at radius 3 is 2.34 bits per heavy atom. The number of hydrogen-bond acceptors (Lipinski definition) is 5. The van der Waals surface area contributed by atoms with Crippen LogP contribution >= 0.6 is 0 Å². The number of amides is 1. The molecule has 0 bridgehead atoms. The molecule has 8 heteroatoms. The zero-order valence-electron chi connectivity index (χ0n) is 15.7.